The smallest absolute Gasteiger partial charge is 0.0894 e. The topological polar surface area (TPSA) is 48.5 Å². The molecule has 0 radical (unpaired) electrons. The number of allylic oxidation sites excluding steroid dienone is 5. The van der Waals surface area contributed by atoms with Crippen LogP contribution in [-0.4, -0.2) is 24.1 Å². The molecular formula is C61H39N5. The van der Waals surface area contributed by atoms with Crippen LogP contribution in [0.15, 0.2) is 230 Å². The average Bonchev–Trinajstić information content (AvgIpc) is 3.81. The molecule has 0 unspecified atom stereocenters. The predicted molar refractivity (Wildman–Crippen MR) is 274 cm³/mol. The molecule has 308 valence electrons. The minimum Gasteiger partial charge on any atom is -0.308 e. The van der Waals surface area contributed by atoms with E-state index >= 15 is 0 Å². The van der Waals surface area contributed by atoms with Gasteiger partial charge in [0.05, 0.1) is 51.5 Å². The van der Waals surface area contributed by atoms with E-state index in [4.69, 9.17) is 15.0 Å². The van der Waals surface area contributed by atoms with Gasteiger partial charge in [0.1, 0.15) is 0 Å². The second-order valence-electron chi connectivity index (χ2n) is 16.9. The van der Waals surface area contributed by atoms with Gasteiger partial charge in [0.15, 0.2) is 0 Å². The number of pyridine rings is 3. The molecule has 5 aromatic heterocycles. The number of hydrogen-bond acceptors (Lipinski definition) is 3. The van der Waals surface area contributed by atoms with Crippen molar-refractivity contribution in [1.29, 1.82) is 0 Å². The van der Waals surface area contributed by atoms with Crippen molar-refractivity contribution in [2.24, 2.45) is 0 Å². The van der Waals surface area contributed by atoms with Crippen LogP contribution < -0.4 is 0 Å². The molecule has 5 heteroatoms. The minimum absolute atomic E-state index is 0.824. The van der Waals surface area contributed by atoms with E-state index < -0.39 is 0 Å². The summed E-state index contributed by atoms with van der Waals surface area (Å²) in [7, 11) is 0. The van der Waals surface area contributed by atoms with Crippen molar-refractivity contribution in [3.63, 3.8) is 0 Å². The summed E-state index contributed by atoms with van der Waals surface area (Å²) in [6, 6.07) is 64.6. The first-order valence-corrected chi connectivity index (χ1v) is 22.3. The van der Waals surface area contributed by atoms with E-state index in [2.05, 4.69) is 222 Å². The van der Waals surface area contributed by atoms with E-state index in [1.807, 2.05) is 18.6 Å². The average molecular weight is 842 g/mol. The van der Waals surface area contributed by atoms with Crippen molar-refractivity contribution in [3.8, 4) is 33.9 Å². The van der Waals surface area contributed by atoms with E-state index in [1.54, 1.807) is 0 Å². The summed E-state index contributed by atoms with van der Waals surface area (Å²) < 4.78 is 4.60. The first kappa shape index (κ1) is 37.6. The number of para-hydroxylation sites is 4. The van der Waals surface area contributed by atoms with Crippen molar-refractivity contribution < 1.29 is 0 Å². The Hall–Kier alpha value is -8.89. The van der Waals surface area contributed by atoms with E-state index in [9.17, 15) is 0 Å². The summed E-state index contributed by atoms with van der Waals surface area (Å²) in [5, 5.41) is 9.35. The summed E-state index contributed by atoms with van der Waals surface area (Å²) in [5.74, 6) is 0. The van der Waals surface area contributed by atoms with Crippen LogP contribution in [0.25, 0.3) is 110 Å². The van der Waals surface area contributed by atoms with E-state index in [0.717, 1.165) is 83.6 Å². The van der Waals surface area contributed by atoms with Crippen LogP contribution in [0.2, 0.25) is 0 Å². The second kappa shape index (κ2) is 15.1. The summed E-state index contributed by atoms with van der Waals surface area (Å²) in [5.41, 5.74) is 19.4. The Balaban J connectivity index is 0.956. The Morgan fingerprint density at radius 3 is 1.45 bits per heavy atom. The van der Waals surface area contributed by atoms with Gasteiger partial charge in [-0.05, 0) is 130 Å². The molecule has 0 bridgehead atoms. The highest BCUT2D eigenvalue weighted by Crippen LogP contribution is 2.44. The molecule has 0 N–H and O–H groups in total. The van der Waals surface area contributed by atoms with Crippen molar-refractivity contribution in [3.05, 3.63) is 241 Å². The molecule has 1 aliphatic rings. The van der Waals surface area contributed by atoms with E-state index in [0.29, 0.717) is 0 Å². The van der Waals surface area contributed by atoms with Gasteiger partial charge in [-0.15, -0.1) is 5.73 Å². The van der Waals surface area contributed by atoms with Crippen molar-refractivity contribution in [2.75, 3.05) is 0 Å². The molecule has 0 aliphatic heterocycles. The summed E-state index contributed by atoms with van der Waals surface area (Å²) in [6.45, 7) is 2.13. The van der Waals surface area contributed by atoms with Crippen LogP contribution in [0, 0.1) is 0 Å². The number of aromatic nitrogens is 5. The zero-order valence-corrected chi connectivity index (χ0v) is 36.0. The third-order valence-electron chi connectivity index (χ3n) is 13.2. The van der Waals surface area contributed by atoms with Gasteiger partial charge in [0.25, 0.3) is 0 Å². The standard InChI is InChI=1S/C61H39N5/c1-39-17-16-18-40(33-50(39)53-35-51-44-23-12-14-29-56(44)65(58(51)37-63-53)42-19-4-2-5-20-42)60-46-25-8-10-27-48(46)61(49-28-11-9-26-47(49)60)41-31-32-62-54(34-41)55-36-52-45-24-13-15-30-57(45)66(59(52)38-64-55)43-21-6-3-7-22-43/h2-16,18-38H,1H3. The van der Waals surface area contributed by atoms with E-state index in [-0.39, 0.29) is 0 Å². The zero-order valence-electron chi connectivity index (χ0n) is 36.0. The Bertz CT molecular complexity index is 4030. The van der Waals surface area contributed by atoms with Gasteiger partial charge < -0.3 is 9.13 Å². The quantitative estimate of drug-likeness (QED) is 0.124. The second-order valence-corrected chi connectivity index (χ2v) is 16.9. The maximum Gasteiger partial charge on any atom is 0.0894 e. The predicted octanol–water partition coefficient (Wildman–Crippen LogP) is 15.3. The lowest BCUT2D eigenvalue weighted by atomic mass is 9.85. The fraction of sp³-hybridized carbons (Fsp3) is 0.0164. The molecule has 0 atom stereocenters. The van der Waals surface area contributed by atoms with Gasteiger partial charge >= 0.3 is 0 Å². The molecule has 13 rings (SSSR count). The minimum atomic E-state index is 0.824. The normalized spacial score (nSPS) is 12.9. The fourth-order valence-electron chi connectivity index (χ4n) is 10.3. The van der Waals surface area contributed by atoms with E-state index in [1.165, 1.54) is 43.4 Å². The number of nitrogens with zero attached hydrogens (tertiary/aromatic N) is 5. The lowest BCUT2D eigenvalue weighted by Gasteiger charge is -2.19. The molecular weight excluding hydrogens is 803 g/mol. The van der Waals surface area contributed by atoms with Crippen LogP contribution in [0.4, 0.5) is 0 Å². The molecule has 5 heterocycles. The van der Waals surface area contributed by atoms with Crippen LogP contribution in [0.3, 0.4) is 0 Å². The van der Waals surface area contributed by atoms with Crippen LogP contribution in [0.5, 0.6) is 0 Å². The van der Waals surface area contributed by atoms with Crippen molar-refractivity contribution >= 4 is 76.3 Å². The van der Waals surface area contributed by atoms with Crippen molar-refractivity contribution in [2.45, 2.75) is 6.92 Å². The van der Waals surface area contributed by atoms with Gasteiger partial charge in [-0.2, -0.15) is 0 Å². The molecule has 12 aromatic rings. The molecule has 0 saturated heterocycles. The molecule has 66 heavy (non-hydrogen) atoms. The zero-order chi connectivity index (χ0) is 43.7. The van der Waals surface area contributed by atoms with Gasteiger partial charge in [-0.3, -0.25) is 15.0 Å². The largest absolute Gasteiger partial charge is 0.308 e. The molecule has 5 nitrogen and oxygen atoms in total. The van der Waals surface area contributed by atoms with Crippen LogP contribution >= 0.6 is 0 Å². The summed E-state index contributed by atoms with van der Waals surface area (Å²) >= 11 is 0. The van der Waals surface area contributed by atoms with Gasteiger partial charge in [0, 0.05) is 50.3 Å². The van der Waals surface area contributed by atoms with Crippen molar-refractivity contribution in [1.82, 2.24) is 24.1 Å². The number of rotatable bonds is 6. The SMILES string of the molecule is CC1=C=CC=C(c2c3ccccc3c(-c3ccnc(-c4cc5c6ccccc6n(-c6ccccc6)c5cn4)c3)c3ccccc23)C=C1c1cc2c3ccccc3n(-c3ccccc3)c2cn1. The summed E-state index contributed by atoms with van der Waals surface area (Å²) in [4.78, 5) is 15.2. The van der Waals surface area contributed by atoms with Gasteiger partial charge in [0.2, 0.25) is 0 Å². The highest BCUT2D eigenvalue weighted by Gasteiger charge is 2.21. The lowest BCUT2D eigenvalue weighted by molar-refractivity contribution is 1.16. The maximum absolute atomic E-state index is 5.19. The maximum atomic E-state index is 5.19. The van der Waals surface area contributed by atoms with Gasteiger partial charge in [-0.25, -0.2) is 0 Å². The fourth-order valence-corrected chi connectivity index (χ4v) is 10.3. The lowest BCUT2D eigenvalue weighted by Crippen LogP contribution is -1.97. The highest BCUT2D eigenvalue weighted by atomic mass is 15.0. The molecule has 7 aromatic carbocycles. The van der Waals surface area contributed by atoms with Crippen LogP contribution in [-0.2, 0) is 0 Å². The third kappa shape index (κ3) is 5.92. The Kier molecular flexibility index (Phi) is 8.63. The molecule has 0 fully saturated rings. The Morgan fingerprint density at radius 1 is 0.409 bits per heavy atom. The molecule has 0 saturated carbocycles. The molecule has 0 amide bonds. The summed E-state index contributed by atoms with van der Waals surface area (Å²) in [6.07, 6.45) is 12.5. The van der Waals surface area contributed by atoms with Crippen LogP contribution in [0.1, 0.15) is 18.2 Å². The highest BCUT2D eigenvalue weighted by molar-refractivity contribution is 6.20. The Morgan fingerprint density at radius 2 is 0.879 bits per heavy atom. The number of hydrogen-bond donors (Lipinski definition) is 0. The molecule has 1 aliphatic carbocycles. The Labute approximate surface area is 380 Å². The molecule has 0 spiro atoms. The monoisotopic (exact) mass is 841 g/mol. The first-order chi connectivity index (χ1) is 32.7. The number of fused-ring (bicyclic) bond motifs is 8. The first-order valence-electron chi connectivity index (χ1n) is 22.3. The number of benzene rings is 7. The van der Waals surface area contributed by atoms with Gasteiger partial charge in [-0.1, -0.05) is 121 Å². The third-order valence-corrected chi connectivity index (χ3v) is 13.2.